The zero-order valence-electron chi connectivity index (χ0n) is 15.2. The van der Waals surface area contributed by atoms with Gasteiger partial charge < -0.3 is 4.74 Å². The summed E-state index contributed by atoms with van der Waals surface area (Å²) in [6, 6.07) is 12.2. The summed E-state index contributed by atoms with van der Waals surface area (Å²) < 4.78 is 33.3. The molecule has 7 heteroatoms. The quantitative estimate of drug-likeness (QED) is 0.677. The molecular formula is C20H21N3O3S. The van der Waals surface area contributed by atoms with Crippen LogP contribution in [0.1, 0.15) is 18.1 Å². The van der Waals surface area contributed by atoms with Crippen LogP contribution in [0.25, 0.3) is 11.3 Å². The largest absolute Gasteiger partial charge is 0.494 e. The van der Waals surface area contributed by atoms with Gasteiger partial charge in [-0.2, -0.15) is 0 Å². The normalized spacial score (nSPS) is 11.3. The average molecular weight is 383 g/mol. The van der Waals surface area contributed by atoms with Gasteiger partial charge in [-0.15, -0.1) is 0 Å². The highest BCUT2D eigenvalue weighted by Gasteiger charge is 2.15. The van der Waals surface area contributed by atoms with E-state index in [2.05, 4.69) is 14.7 Å². The molecule has 6 nitrogen and oxygen atoms in total. The van der Waals surface area contributed by atoms with Crippen LogP contribution in [0.4, 0.5) is 0 Å². The second-order valence-corrected chi connectivity index (χ2v) is 7.74. The first-order valence-electron chi connectivity index (χ1n) is 8.58. The Morgan fingerprint density at radius 2 is 1.81 bits per heavy atom. The molecule has 140 valence electrons. The van der Waals surface area contributed by atoms with E-state index in [-0.39, 0.29) is 11.4 Å². The molecule has 0 spiro atoms. The summed E-state index contributed by atoms with van der Waals surface area (Å²) in [6.45, 7) is 4.43. The molecule has 1 N–H and O–H groups in total. The van der Waals surface area contributed by atoms with E-state index in [0.717, 1.165) is 22.4 Å². The van der Waals surface area contributed by atoms with E-state index in [1.165, 1.54) is 0 Å². The summed E-state index contributed by atoms with van der Waals surface area (Å²) in [4.78, 5) is 8.54. The third-order valence-electron chi connectivity index (χ3n) is 4.02. The van der Waals surface area contributed by atoms with Crippen LogP contribution in [0.5, 0.6) is 5.75 Å². The molecule has 2 aromatic heterocycles. The smallest absolute Gasteiger partial charge is 0.240 e. The van der Waals surface area contributed by atoms with Crippen LogP contribution in [0.15, 0.2) is 66.0 Å². The molecule has 0 aliphatic heterocycles. The second kappa shape index (κ2) is 8.28. The first kappa shape index (κ1) is 19.0. The molecule has 2 heterocycles. The Morgan fingerprint density at radius 3 is 2.52 bits per heavy atom. The summed E-state index contributed by atoms with van der Waals surface area (Å²) in [6.07, 6.45) is 5.06. The topological polar surface area (TPSA) is 81.2 Å². The van der Waals surface area contributed by atoms with Gasteiger partial charge in [-0.25, -0.2) is 13.1 Å². The number of hydrogen-bond acceptors (Lipinski definition) is 5. The Bertz CT molecular complexity index is 1020. The van der Waals surface area contributed by atoms with E-state index in [4.69, 9.17) is 4.74 Å². The highest BCUT2D eigenvalue weighted by Crippen LogP contribution is 2.22. The molecule has 0 aliphatic carbocycles. The number of hydrogen-bond donors (Lipinski definition) is 1. The Balaban J connectivity index is 1.75. The van der Waals surface area contributed by atoms with Crippen molar-refractivity contribution < 1.29 is 13.2 Å². The van der Waals surface area contributed by atoms with E-state index in [1.54, 1.807) is 42.9 Å². The van der Waals surface area contributed by atoms with Crippen molar-refractivity contribution in [2.75, 3.05) is 6.61 Å². The number of aromatic nitrogens is 2. The summed E-state index contributed by atoms with van der Waals surface area (Å²) >= 11 is 0. The summed E-state index contributed by atoms with van der Waals surface area (Å²) in [5.74, 6) is 0.688. The molecule has 0 fully saturated rings. The van der Waals surface area contributed by atoms with E-state index >= 15 is 0 Å². The van der Waals surface area contributed by atoms with E-state index < -0.39 is 10.0 Å². The summed E-state index contributed by atoms with van der Waals surface area (Å²) in [5.41, 5.74) is 3.30. The van der Waals surface area contributed by atoms with Crippen LogP contribution in [-0.4, -0.2) is 25.0 Å². The Labute approximate surface area is 159 Å². The van der Waals surface area contributed by atoms with E-state index in [0.29, 0.717) is 12.4 Å². The lowest BCUT2D eigenvalue weighted by Crippen LogP contribution is -2.23. The predicted octanol–water partition coefficient (Wildman–Crippen LogP) is 3.33. The van der Waals surface area contributed by atoms with Gasteiger partial charge in [0.05, 0.1) is 17.2 Å². The fourth-order valence-electron chi connectivity index (χ4n) is 2.63. The van der Waals surface area contributed by atoms with Gasteiger partial charge in [0, 0.05) is 30.7 Å². The number of ether oxygens (including phenoxy) is 1. The van der Waals surface area contributed by atoms with E-state index in [9.17, 15) is 8.42 Å². The molecule has 27 heavy (non-hydrogen) atoms. The number of sulfonamides is 1. The number of rotatable bonds is 7. The Morgan fingerprint density at radius 1 is 1.04 bits per heavy atom. The SMILES string of the molecule is CCOc1ccc(S(=O)(=O)NCc2ccnc(-c3ccncc3)c2)cc1C. The fourth-order valence-corrected chi connectivity index (χ4v) is 3.74. The molecule has 0 saturated heterocycles. The van der Waals surface area contributed by atoms with Crippen molar-refractivity contribution in [3.05, 3.63) is 72.2 Å². The first-order chi connectivity index (χ1) is 13.0. The highest BCUT2D eigenvalue weighted by molar-refractivity contribution is 7.89. The number of nitrogens with zero attached hydrogens (tertiary/aromatic N) is 2. The van der Waals surface area contributed by atoms with Crippen LogP contribution >= 0.6 is 0 Å². The zero-order chi connectivity index (χ0) is 19.3. The molecule has 0 saturated carbocycles. The fraction of sp³-hybridized carbons (Fsp3) is 0.200. The van der Waals surface area contributed by atoms with Gasteiger partial charge >= 0.3 is 0 Å². The van der Waals surface area contributed by atoms with Gasteiger partial charge in [-0.3, -0.25) is 9.97 Å². The third-order valence-corrected chi connectivity index (χ3v) is 5.42. The summed E-state index contributed by atoms with van der Waals surface area (Å²) in [7, 11) is -3.63. The van der Waals surface area contributed by atoms with Gasteiger partial charge in [0.1, 0.15) is 5.75 Å². The number of benzene rings is 1. The number of pyridine rings is 2. The maximum atomic E-state index is 12.6. The molecule has 3 aromatic rings. The average Bonchev–Trinajstić information content (AvgIpc) is 2.69. The van der Waals surface area contributed by atoms with Crippen molar-refractivity contribution in [1.29, 1.82) is 0 Å². The summed E-state index contributed by atoms with van der Waals surface area (Å²) in [5, 5.41) is 0. The van der Waals surface area contributed by atoms with Crippen molar-refractivity contribution in [2.45, 2.75) is 25.3 Å². The molecule has 0 bridgehead atoms. The van der Waals surface area contributed by atoms with E-state index in [1.807, 2.05) is 32.0 Å². The lowest BCUT2D eigenvalue weighted by molar-refractivity contribution is 0.337. The van der Waals surface area contributed by atoms with Crippen molar-refractivity contribution >= 4 is 10.0 Å². The number of aryl methyl sites for hydroxylation is 1. The Hall–Kier alpha value is -2.77. The second-order valence-electron chi connectivity index (χ2n) is 5.97. The highest BCUT2D eigenvalue weighted by atomic mass is 32.2. The first-order valence-corrected chi connectivity index (χ1v) is 10.1. The molecule has 0 atom stereocenters. The van der Waals surface area contributed by atoms with Gasteiger partial charge in [-0.1, -0.05) is 0 Å². The molecule has 3 rings (SSSR count). The molecule has 0 radical (unpaired) electrons. The zero-order valence-corrected chi connectivity index (χ0v) is 16.0. The predicted molar refractivity (Wildman–Crippen MR) is 104 cm³/mol. The van der Waals surface area contributed by atoms with Crippen LogP contribution < -0.4 is 9.46 Å². The molecule has 0 amide bonds. The van der Waals surface area contributed by atoms with Crippen LogP contribution in [-0.2, 0) is 16.6 Å². The Kier molecular flexibility index (Phi) is 5.83. The molecule has 1 aromatic carbocycles. The maximum Gasteiger partial charge on any atom is 0.240 e. The van der Waals surface area contributed by atoms with Gasteiger partial charge in [-0.05, 0) is 67.4 Å². The standard InChI is InChI=1S/C20H21N3O3S/c1-3-26-20-5-4-18(12-15(20)2)27(24,25)23-14-16-6-11-22-19(13-16)17-7-9-21-10-8-17/h4-13,23H,3,14H2,1-2H3. The van der Waals surface area contributed by atoms with Gasteiger partial charge in [0.2, 0.25) is 10.0 Å². The van der Waals surface area contributed by atoms with Crippen molar-refractivity contribution in [1.82, 2.24) is 14.7 Å². The lowest BCUT2D eigenvalue weighted by Gasteiger charge is -2.11. The number of nitrogens with one attached hydrogen (secondary N) is 1. The van der Waals surface area contributed by atoms with Gasteiger partial charge in [0.25, 0.3) is 0 Å². The van der Waals surface area contributed by atoms with Crippen molar-refractivity contribution in [3.63, 3.8) is 0 Å². The monoisotopic (exact) mass is 383 g/mol. The molecule has 0 unspecified atom stereocenters. The maximum absolute atomic E-state index is 12.6. The van der Waals surface area contributed by atoms with Crippen LogP contribution in [0.2, 0.25) is 0 Å². The van der Waals surface area contributed by atoms with Crippen molar-refractivity contribution in [3.8, 4) is 17.0 Å². The molecule has 0 aliphatic rings. The van der Waals surface area contributed by atoms with Gasteiger partial charge in [0.15, 0.2) is 0 Å². The minimum absolute atomic E-state index is 0.176. The minimum atomic E-state index is -3.63. The van der Waals surface area contributed by atoms with Crippen LogP contribution in [0.3, 0.4) is 0 Å². The lowest BCUT2D eigenvalue weighted by atomic mass is 10.1. The third kappa shape index (κ3) is 4.69. The minimum Gasteiger partial charge on any atom is -0.494 e. The molecular weight excluding hydrogens is 362 g/mol. The van der Waals surface area contributed by atoms with Crippen LogP contribution in [0, 0.1) is 6.92 Å². The van der Waals surface area contributed by atoms with Crippen molar-refractivity contribution in [2.24, 2.45) is 0 Å².